The number of aromatic nitrogens is 8. The molecule has 2 aromatic carbocycles. The zero-order chi connectivity index (χ0) is 48.8. The van der Waals surface area contributed by atoms with E-state index in [-0.39, 0.29) is 42.3 Å². The molecule has 0 saturated heterocycles. The van der Waals surface area contributed by atoms with Crippen LogP contribution in [0.5, 0.6) is 0 Å². The SMILES string of the molecule is CC(C)(C)c1cc(-c2c3nc(c(-c4c(Cl)ncnc4Cl)c4ccc([nH]4)c(-c4cc(C(C)(C)C)cc(C(C)(C)C)c4)c4nc(c(-c5c(Cl)ncnc5Cl)c5ccc2[nH]5)C=C4)C=C3)cc(C(C)(C)C)c1. The van der Waals surface area contributed by atoms with E-state index in [1.54, 1.807) is 0 Å². The van der Waals surface area contributed by atoms with Gasteiger partial charge in [-0.05, 0) is 104 Å². The molecule has 346 valence electrons. The van der Waals surface area contributed by atoms with Crippen LogP contribution in [-0.2, 0) is 21.7 Å². The molecule has 68 heavy (non-hydrogen) atoms. The second-order valence-electron chi connectivity index (χ2n) is 21.8. The van der Waals surface area contributed by atoms with Gasteiger partial charge in [0, 0.05) is 44.3 Å². The van der Waals surface area contributed by atoms with Gasteiger partial charge in [0.05, 0.1) is 33.9 Å². The Morgan fingerprint density at radius 2 is 0.588 bits per heavy atom. The molecule has 0 saturated carbocycles. The lowest BCUT2D eigenvalue weighted by atomic mass is 9.78. The lowest BCUT2D eigenvalue weighted by Gasteiger charge is -2.26. The predicted octanol–water partition coefficient (Wildman–Crippen LogP) is 16.7. The first-order valence-electron chi connectivity index (χ1n) is 22.7. The summed E-state index contributed by atoms with van der Waals surface area (Å²) in [6.07, 6.45) is 10.8. The van der Waals surface area contributed by atoms with Gasteiger partial charge in [-0.25, -0.2) is 29.9 Å². The Bertz CT molecular complexity index is 3110. The van der Waals surface area contributed by atoms with Crippen LogP contribution in [0.3, 0.4) is 0 Å². The number of fused-ring (bicyclic) bond motifs is 8. The molecule has 8 bridgehead atoms. The lowest BCUT2D eigenvalue weighted by Crippen LogP contribution is -2.16. The van der Waals surface area contributed by atoms with E-state index in [0.717, 1.165) is 44.7 Å². The topological polar surface area (TPSA) is 109 Å². The van der Waals surface area contributed by atoms with Crippen molar-refractivity contribution in [3.63, 3.8) is 0 Å². The largest absolute Gasteiger partial charge is 0.354 e. The molecule has 0 spiro atoms. The first kappa shape index (κ1) is 47.4. The summed E-state index contributed by atoms with van der Waals surface area (Å²) in [5, 5.41) is 0.798. The van der Waals surface area contributed by atoms with Gasteiger partial charge >= 0.3 is 0 Å². The predicted molar refractivity (Wildman–Crippen MR) is 287 cm³/mol. The fourth-order valence-corrected chi connectivity index (χ4v) is 9.72. The van der Waals surface area contributed by atoms with E-state index in [4.69, 9.17) is 56.4 Å². The molecule has 0 aliphatic carbocycles. The van der Waals surface area contributed by atoms with Crippen molar-refractivity contribution in [2.45, 2.75) is 105 Å². The standard InChI is InChI=1S/C56H54Cl4N8/c1-53(2,3)31-21-29(22-32(25-31)54(4,5)6)43-35-13-17-39(65-35)45(47-49(57)61-27-62-50(47)58)41-19-15-37(67-41)44(30-23-33(55(7,8)9)26-34(24-30)56(10,11)12)38-16-20-42(68-38)46(40-18-14-36(43)66-40)48-51(59)63-28-64-52(48)60/h13-28,65,68H,1-12H3. The number of rotatable bonds is 4. The van der Waals surface area contributed by atoms with Gasteiger partial charge in [0.15, 0.2) is 0 Å². The molecule has 2 aliphatic rings. The third-order valence-corrected chi connectivity index (χ3v) is 13.8. The first-order valence-corrected chi connectivity index (χ1v) is 24.2. The maximum atomic E-state index is 7.01. The third-order valence-electron chi connectivity index (χ3n) is 12.7. The molecule has 9 rings (SSSR count). The minimum atomic E-state index is -0.158. The van der Waals surface area contributed by atoms with Gasteiger partial charge < -0.3 is 9.97 Å². The van der Waals surface area contributed by atoms with Crippen molar-refractivity contribution in [2.24, 2.45) is 0 Å². The second-order valence-corrected chi connectivity index (χ2v) is 23.2. The van der Waals surface area contributed by atoms with E-state index in [1.165, 1.54) is 34.9 Å². The van der Waals surface area contributed by atoms with Gasteiger partial charge in [-0.15, -0.1) is 0 Å². The first-order chi connectivity index (χ1) is 31.9. The number of nitrogens with zero attached hydrogens (tertiary/aromatic N) is 6. The summed E-state index contributed by atoms with van der Waals surface area (Å²) in [5.41, 5.74) is 15.8. The molecular weight excluding hydrogens is 926 g/mol. The number of hydrogen-bond donors (Lipinski definition) is 2. The van der Waals surface area contributed by atoms with Crippen LogP contribution in [0.25, 0.3) is 90.9 Å². The maximum absolute atomic E-state index is 7.01. The Morgan fingerprint density at radius 1 is 0.338 bits per heavy atom. The van der Waals surface area contributed by atoms with Gasteiger partial charge in [0.2, 0.25) is 0 Å². The lowest BCUT2D eigenvalue weighted by molar-refractivity contribution is 0.568. The Balaban J connectivity index is 1.53. The van der Waals surface area contributed by atoms with Gasteiger partial charge in [0.1, 0.15) is 33.3 Å². The zero-order valence-electron chi connectivity index (χ0n) is 40.4. The van der Waals surface area contributed by atoms with Crippen molar-refractivity contribution < 1.29 is 0 Å². The maximum Gasteiger partial charge on any atom is 0.141 e. The number of nitrogens with one attached hydrogen (secondary N) is 2. The molecule has 0 amide bonds. The highest BCUT2D eigenvalue weighted by Gasteiger charge is 2.27. The molecule has 0 atom stereocenters. The summed E-state index contributed by atoms with van der Waals surface area (Å²) < 4.78 is 0. The van der Waals surface area contributed by atoms with E-state index < -0.39 is 0 Å². The molecule has 0 fully saturated rings. The molecule has 0 radical (unpaired) electrons. The van der Waals surface area contributed by atoms with Gasteiger partial charge in [-0.2, -0.15) is 0 Å². The molecular formula is C56H54Cl4N8. The van der Waals surface area contributed by atoms with E-state index >= 15 is 0 Å². The molecule has 8 nitrogen and oxygen atoms in total. The summed E-state index contributed by atoms with van der Waals surface area (Å²) in [7, 11) is 0. The van der Waals surface area contributed by atoms with Crippen LogP contribution in [0.4, 0.5) is 0 Å². The summed E-state index contributed by atoms with van der Waals surface area (Å²) in [6.45, 7) is 26.8. The normalized spacial score (nSPS) is 13.2. The van der Waals surface area contributed by atoms with Crippen LogP contribution < -0.4 is 0 Å². The Hall–Kier alpha value is -5.64. The molecule has 2 aliphatic heterocycles. The quantitative estimate of drug-likeness (QED) is 0.170. The Kier molecular flexibility index (Phi) is 11.9. The average molecular weight is 981 g/mol. The summed E-state index contributed by atoms with van der Waals surface area (Å²) in [4.78, 5) is 36.2. The highest BCUT2D eigenvalue weighted by Crippen LogP contribution is 2.45. The van der Waals surface area contributed by atoms with Crippen molar-refractivity contribution in [3.05, 3.63) is 139 Å². The molecule has 2 N–H and O–H groups in total. The minimum Gasteiger partial charge on any atom is -0.354 e. The number of benzene rings is 2. The van der Waals surface area contributed by atoms with Gasteiger partial charge in [-0.1, -0.05) is 166 Å². The van der Waals surface area contributed by atoms with Crippen LogP contribution >= 0.6 is 46.4 Å². The third kappa shape index (κ3) is 8.93. The van der Waals surface area contributed by atoms with Crippen LogP contribution in [0.15, 0.2) is 73.3 Å². The van der Waals surface area contributed by atoms with E-state index in [9.17, 15) is 0 Å². The average Bonchev–Trinajstić information content (AvgIpc) is 4.09. The molecule has 12 heteroatoms. The smallest absolute Gasteiger partial charge is 0.141 e. The van der Waals surface area contributed by atoms with Gasteiger partial charge in [0.25, 0.3) is 0 Å². The molecule has 0 unspecified atom stereocenters. The van der Waals surface area contributed by atoms with Crippen molar-refractivity contribution >= 4 is 92.8 Å². The van der Waals surface area contributed by atoms with Crippen LogP contribution in [0.1, 0.15) is 128 Å². The Labute approximate surface area is 418 Å². The highest BCUT2D eigenvalue weighted by molar-refractivity contribution is 6.39. The monoisotopic (exact) mass is 978 g/mol. The molecule has 7 aromatic rings. The fraction of sp³-hybridized carbons (Fsp3) is 0.286. The highest BCUT2D eigenvalue weighted by atomic mass is 35.5. The molecule has 7 heterocycles. The van der Waals surface area contributed by atoms with Crippen molar-refractivity contribution in [2.75, 3.05) is 0 Å². The van der Waals surface area contributed by atoms with Gasteiger partial charge in [-0.3, -0.25) is 0 Å². The van der Waals surface area contributed by atoms with Crippen molar-refractivity contribution in [1.82, 2.24) is 39.9 Å². The molecule has 5 aromatic heterocycles. The summed E-state index contributed by atoms with van der Waals surface area (Å²) >= 11 is 28.1. The Morgan fingerprint density at radius 3 is 0.853 bits per heavy atom. The zero-order valence-corrected chi connectivity index (χ0v) is 43.5. The van der Waals surface area contributed by atoms with E-state index in [1.807, 2.05) is 36.4 Å². The number of hydrogen-bond acceptors (Lipinski definition) is 6. The van der Waals surface area contributed by atoms with Crippen molar-refractivity contribution in [1.29, 1.82) is 0 Å². The fourth-order valence-electron chi connectivity index (χ4n) is 8.72. The van der Waals surface area contributed by atoms with E-state index in [0.29, 0.717) is 44.7 Å². The number of aromatic amines is 2. The minimum absolute atomic E-state index is 0.158. The number of halogens is 4. The van der Waals surface area contributed by atoms with E-state index in [2.05, 4.69) is 162 Å². The van der Waals surface area contributed by atoms with Crippen LogP contribution in [0, 0.1) is 0 Å². The van der Waals surface area contributed by atoms with Crippen LogP contribution in [0.2, 0.25) is 20.6 Å². The summed E-state index contributed by atoms with van der Waals surface area (Å²) in [5.74, 6) is 0. The summed E-state index contributed by atoms with van der Waals surface area (Å²) in [6, 6.07) is 21.9. The second kappa shape index (κ2) is 17.1. The number of H-pyrrole nitrogens is 2. The van der Waals surface area contributed by atoms with Crippen LogP contribution in [-0.4, -0.2) is 39.9 Å². The van der Waals surface area contributed by atoms with Crippen molar-refractivity contribution in [3.8, 4) is 44.5 Å².